The zero-order valence-corrected chi connectivity index (χ0v) is 10.6. The monoisotopic (exact) mass is 286 g/mol. The first-order valence-electron chi connectivity index (χ1n) is 4.01. The van der Waals surface area contributed by atoms with Crippen molar-refractivity contribution in [3.05, 3.63) is 26.2 Å². The van der Waals surface area contributed by atoms with E-state index in [-0.39, 0.29) is 32.3 Å². The Morgan fingerprint density at radius 1 is 1.20 bits per heavy atom. The quantitative estimate of drug-likeness (QED) is 0.343. The van der Waals surface area contributed by atoms with Crippen molar-refractivity contribution in [3.63, 3.8) is 0 Å². The van der Waals surface area contributed by atoms with Gasteiger partial charge in [-0.1, -0.05) is 53.3 Å². The summed E-state index contributed by atoms with van der Waals surface area (Å²) < 4.78 is 4.91. The minimum atomic E-state index is -0.425. The highest BCUT2D eigenvalue weighted by Gasteiger charge is 2.15. The zero-order valence-electron chi connectivity index (χ0n) is 7.61. The Bertz CT molecular complexity index is 404. The molecule has 1 aromatic rings. The summed E-state index contributed by atoms with van der Waals surface area (Å²) in [5.41, 5.74) is 0. The van der Waals surface area contributed by atoms with Crippen molar-refractivity contribution < 1.29 is 9.53 Å². The van der Waals surface area contributed by atoms with Crippen LogP contribution in [-0.2, 0) is 4.79 Å². The van der Waals surface area contributed by atoms with Crippen LogP contribution in [0, 0.1) is 0 Å². The molecule has 0 aliphatic carbocycles. The fraction of sp³-hybridized carbons (Fsp3) is 0.222. The normalized spacial score (nSPS) is 10.2. The van der Waals surface area contributed by atoms with E-state index in [0.717, 1.165) is 0 Å². The lowest BCUT2D eigenvalue weighted by molar-refractivity contribution is -0.134. The third-order valence-corrected chi connectivity index (χ3v) is 3.32. The fourth-order valence-corrected chi connectivity index (χ4v) is 1.64. The second-order valence-electron chi connectivity index (χ2n) is 2.63. The number of hydrogen-bond donors (Lipinski definition) is 0. The van der Waals surface area contributed by atoms with Gasteiger partial charge in [-0.25, -0.2) is 0 Å². The Morgan fingerprint density at radius 2 is 1.80 bits per heavy atom. The molecule has 0 spiro atoms. The molecule has 0 aliphatic rings. The number of halogens is 4. The predicted molar refractivity (Wildman–Crippen MR) is 62.4 cm³/mol. The third-order valence-electron chi connectivity index (χ3n) is 1.58. The number of carbonyl (C=O) groups is 1. The van der Waals surface area contributed by atoms with Crippen molar-refractivity contribution in [2.75, 3.05) is 0 Å². The molecule has 0 saturated heterocycles. The second kappa shape index (κ2) is 5.26. The molecule has 0 saturated carbocycles. The van der Waals surface area contributed by atoms with Crippen LogP contribution in [0.3, 0.4) is 0 Å². The highest BCUT2D eigenvalue weighted by molar-refractivity contribution is 6.52. The van der Waals surface area contributed by atoms with Gasteiger partial charge >= 0.3 is 5.97 Å². The number of benzene rings is 1. The van der Waals surface area contributed by atoms with E-state index in [2.05, 4.69) is 0 Å². The van der Waals surface area contributed by atoms with Crippen molar-refractivity contribution in [1.82, 2.24) is 0 Å². The van der Waals surface area contributed by atoms with E-state index < -0.39 is 5.97 Å². The van der Waals surface area contributed by atoms with Crippen molar-refractivity contribution in [2.45, 2.75) is 13.3 Å². The van der Waals surface area contributed by atoms with Crippen LogP contribution in [0.4, 0.5) is 0 Å². The first-order chi connectivity index (χ1) is 6.97. The van der Waals surface area contributed by atoms with Gasteiger partial charge in [-0.15, -0.1) is 0 Å². The Balaban J connectivity index is 3.15. The minimum Gasteiger partial charge on any atom is -0.425 e. The van der Waals surface area contributed by atoms with Gasteiger partial charge in [0.15, 0.2) is 5.75 Å². The summed E-state index contributed by atoms with van der Waals surface area (Å²) >= 11 is 23.1. The van der Waals surface area contributed by atoms with Gasteiger partial charge in [0.05, 0.1) is 15.1 Å². The number of ether oxygens (including phenoxy) is 1. The summed E-state index contributed by atoms with van der Waals surface area (Å²) in [6, 6.07) is 1.35. The molecule has 82 valence electrons. The smallest absolute Gasteiger partial charge is 0.310 e. The molecule has 0 bridgehead atoms. The molecule has 2 nitrogen and oxygen atoms in total. The minimum absolute atomic E-state index is 0.0738. The summed E-state index contributed by atoms with van der Waals surface area (Å²) in [4.78, 5) is 11.0. The molecule has 0 heterocycles. The summed E-state index contributed by atoms with van der Waals surface area (Å²) in [7, 11) is 0. The predicted octanol–water partition coefficient (Wildman–Crippen LogP) is 4.62. The SMILES string of the molecule is CCC(=O)Oc1cc(Cl)c(Cl)c(Cl)c1Cl. The maximum absolute atomic E-state index is 11.0. The lowest BCUT2D eigenvalue weighted by atomic mass is 10.3. The number of hydrogen-bond acceptors (Lipinski definition) is 2. The van der Waals surface area contributed by atoms with Gasteiger partial charge in [0.1, 0.15) is 5.02 Å². The first-order valence-corrected chi connectivity index (χ1v) is 5.52. The average molecular weight is 288 g/mol. The number of rotatable bonds is 2. The van der Waals surface area contributed by atoms with E-state index >= 15 is 0 Å². The van der Waals surface area contributed by atoms with E-state index in [9.17, 15) is 4.79 Å². The molecule has 15 heavy (non-hydrogen) atoms. The largest absolute Gasteiger partial charge is 0.425 e. The molecular formula is C9H6Cl4O2. The average Bonchev–Trinajstić information content (AvgIpc) is 2.22. The van der Waals surface area contributed by atoms with Crippen LogP contribution in [-0.4, -0.2) is 5.97 Å². The molecule has 0 radical (unpaired) electrons. The molecule has 0 N–H and O–H groups in total. The van der Waals surface area contributed by atoms with E-state index in [4.69, 9.17) is 51.1 Å². The lowest BCUT2D eigenvalue weighted by Crippen LogP contribution is -2.06. The fourth-order valence-electron chi connectivity index (χ4n) is 0.820. The molecule has 1 rings (SSSR count). The molecule has 0 aliphatic heterocycles. The Labute approximate surface area is 107 Å². The van der Waals surface area contributed by atoms with Crippen LogP contribution < -0.4 is 4.74 Å². The lowest BCUT2D eigenvalue weighted by Gasteiger charge is -2.08. The van der Waals surface area contributed by atoms with Crippen molar-refractivity contribution >= 4 is 52.4 Å². The third kappa shape index (κ3) is 2.91. The molecule has 6 heteroatoms. The molecule has 0 fully saturated rings. The molecule has 0 amide bonds. The van der Waals surface area contributed by atoms with Crippen molar-refractivity contribution in [2.24, 2.45) is 0 Å². The molecule has 0 aromatic heterocycles. The maximum atomic E-state index is 11.0. The van der Waals surface area contributed by atoms with Gasteiger partial charge in [-0.3, -0.25) is 4.79 Å². The van der Waals surface area contributed by atoms with Crippen LogP contribution in [0.5, 0.6) is 5.75 Å². The molecular weight excluding hydrogens is 282 g/mol. The Morgan fingerprint density at radius 3 is 2.33 bits per heavy atom. The van der Waals surface area contributed by atoms with Gasteiger partial charge in [0.25, 0.3) is 0 Å². The van der Waals surface area contributed by atoms with Gasteiger partial charge in [-0.05, 0) is 0 Å². The zero-order chi connectivity index (χ0) is 11.6. The van der Waals surface area contributed by atoms with Crippen LogP contribution in [0.2, 0.25) is 20.1 Å². The van der Waals surface area contributed by atoms with Crippen LogP contribution in [0.1, 0.15) is 13.3 Å². The van der Waals surface area contributed by atoms with E-state index in [0.29, 0.717) is 0 Å². The highest BCUT2D eigenvalue weighted by Crippen LogP contribution is 2.41. The Kier molecular flexibility index (Phi) is 4.53. The van der Waals surface area contributed by atoms with Gasteiger partial charge in [0.2, 0.25) is 0 Å². The second-order valence-corrected chi connectivity index (χ2v) is 4.17. The van der Waals surface area contributed by atoms with E-state index in [1.54, 1.807) is 6.92 Å². The summed E-state index contributed by atoms with van der Waals surface area (Å²) in [5.74, 6) is -0.311. The van der Waals surface area contributed by atoms with Gasteiger partial charge < -0.3 is 4.74 Å². The molecule has 0 atom stereocenters. The summed E-state index contributed by atoms with van der Waals surface area (Å²) in [6.45, 7) is 1.66. The standard InChI is InChI=1S/C9H6Cl4O2/c1-2-6(14)15-5-3-4(10)7(11)9(13)8(5)12/h3H,2H2,1H3. The maximum Gasteiger partial charge on any atom is 0.310 e. The molecule has 0 unspecified atom stereocenters. The number of carbonyl (C=O) groups excluding carboxylic acids is 1. The van der Waals surface area contributed by atoms with E-state index in [1.807, 2.05) is 0 Å². The van der Waals surface area contributed by atoms with Crippen molar-refractivity contribution in [3.8, 4) is 5.75 Å². The summed E-state index contributed by atoms with van der Waals surface area (Å²) in [5, 5.41) is 0.474. The molecule has 1 aromatic carbocycles. The van der Waals surface area contributed by atoms with Gasteiger partial charge in [0, 0.05) is 12.5 Å². The van der Waals surface area contributed by atoms with E-state index in [1.165, 1.54) is 6.07 Å². The van der Waals surface area contributed by atoms with Crippen molar-refractivity contribution in [1.29, 1.82) is 0 Å². The Hall–Kier alpha value is -0.150. The highest BCUT2D eigenvalue weighted by atomic mass is 35.5. The van der Waals surface area contributed by atoms with Crippen LogP contribution >= 0.6 is 46.4 Å². The van der Waals surface area contributed by atoms with Crippen LogP contribution in [0.15, 0.2) is 6.07 Å². The number of esters is 1. The first kappa shape index (κ1) is 12.9. The van der Waals surface area contributed by atoms with Crippen LogP contribution in [0.25, 0.3) is 0 Å². The van der Waals surface area contributed by atoms with Gasteiger partial charge in [-0.2, -0.15) is 0 Å². The summed E-state index contributed by atoms with van der Waals surface area (Å²) in [6.07, 6.45) is 0.230. The topological polar surface area (TPSA) is 26.3 Å².